The molecule has 0 spiro atoms. The first-order valence-electron chi connectivity index (χ1n) is 10.6. The largest absolute Gasteiger partial charge is 0.296 e. The SMILES string of the molecule is Cc1nc(C2CCCN(S(C)(=O)=O)C2)nc2c1CCC(=O)N2CCc1ccc(F)cc1. The number of aryl methyl sites for hydroxylation is 1. The van der Waals surface area contributed by atoms with E-state index in [0.717, 1.165) is 29.7 Å². The highest BCUT2D eigenvalue weighted by atomic mass is 32.2. The van der Waals surface area contributed by atoms with Gasteiger partial charge >= 0.3 is 0 Å². The number of hydrogen-bond donors (Lipinski definition) is 0. The van der Waals surface area contributed by atoms with E-state index in [4.69, 9.17) is 9.97 Å². The topological polar surface area (TPSA) is 83.5 Å². The second-order valence-electron chi connectivity index (χ2n) is 8.35. The number of anilines is 1. The van der Waals surface area contributed by atoms with Crippen LogP contribution in [0.25, 0.3) is 0 Å². The molecule has 1 aromatic heterocycles. The number of nitrogens with zero attached hydrogens (tertiary/aromatic N) is 4. The molecular weight excluding hydrogens is 419 g/mol. The van der Waals surface area contributed by atoms with Crippen LogP contribution in [0.1, 0.15) is 47.8 Å². The number of hydrogen-bond acceptors (Lipinski definition) is 5. The summed E-state index contributed by atoms with van der Waals surface area (Å²) >= 11 is 0. The molecule has 166 valence electrons. The van der Waals surface area contributed by atoms with Gasteiger partial charge < -0.3 is 0 Å². The Labute approximate surface area is 182 Å². The average Bonchev–Trinajstić information content (AvgIpc) is 2.73. The normalized spacial score (nSPS) is 20.0. The summed E-state index contributed by atoms with van der Waals surface area (Å²) in [5, 5.41) is 0. The summed E-state index contributed by atoms with van der Waals surface area (Å²) in [4.78, 5) is 23.9. The number of sulfonamides is 1. The molecule has 2 aliphatic rings. The molecule has 0 N–H and O–H groups in total. The Morgan fingerprint density at radius 1 is 1.16 bits per heavy atom. The van der Waals surface area contributed by atoms with Crippen molar-refractivity contribution >= 4 is 21.7 Å². The highest BCUT2D eigenvalue weighted by Crippen LogP contribution is 2.32. The lowest BCUT2D eigenvalue weighted by atomic mass is 9.97. The quantitative estimate of drug-likeness (QED) is 0.705. The molecule has 1 amide bonds. The molecule has 9 heteroatoms. The van der Waals surface area contributed by atoms with Crippen LogP contribution in [0.15, 0.2) is 24.3 Å². The Hall–Kier alpha value is -2.39. The van der Waals surface area contributed by atoms with Gasteiger partial charge in [-0.3, -0.25) is 9.69 Å². The number of carbonyl (C=O) groups is 1. The molecule has 0 radical (unpaired) electrons. The number of piperidine rings is 1. The van der Waals surface area contributed by atoms with Crippen molar-refractivity contribution in [1.82, 2.24) is 14.3 Å². The van der Waals surface area contributed by atoms with Gasteiger partial charge in [-0.15, -0.1) is 0 Å². The average molecular weight is 447 g/mol. The maximum atomic E-state index is 13.2. The standard InChI is InChI=1S/C22H27FN4O3S/c1-15-19-9-10-20(28)27(13-11-16-5-7-18(23)8-6-16)22(19)25-21(24-15)17-4-3-12-26(14-17)31(2,29)30/h5-8,17H,3-4,9-14H2,1-2H3. The lowest BCUT2D eigenvalue weighted by Gasteiger charge is -2.33. The Morgan fingerprint density at radius 3 is 2.61 bits per heavy atom. The molecule has 0 aliphatic carbocycles. The van der Waals surface area contributed by atoms with Crippen LogP contribution in [0.3, 0.4) is 0 Å². The molecule has 31 heavy (non-hydrogen) atoms. The fourth-order valence-electron chi connectivity index (χ4n) is 4.36. The van der Waals surface area contributed by atoms with Gasteiger partial charge in [-0.05, 0) is 50.3 Å². The highest BCUT2D eigenvalue weighted by molar-refractivity contribution is 7.88. The van der Waals surface area contributed by atoms with E-state index in [-0.39, 0.29) is 17.6 Å². The number of halogens is 1. The number of fused-ring (bicyclic) bond motifs is 1. The van der Waals surface area contributed by atoms with Gasteiger partial charge in [0.2, 0.25) is 15.9 Å². The van der Waals surface area contributed by atoms with E-state index < -0.39 is 10.0 Å². The van der Waals surface area contributed by atoms with Crippen molar-refractivity contribution in [3.63, 3.8) is 0 Å². The Morgan fingerprint density at radius 2 is 1.90 bits per heavy atom. The van der Waals surface area contributed by atoms with Gasteiger partial charge in [-0.2, -0.15) is 0 Å². The lowest BCUT2D eigenvalue weighted by molar-refractivity contribution is -0.118. The Kier molecular flexibility index (Phi) is 6.07. The second kappa shape index (κ2) is 8.63. The van der Waals surface area contributed by atoms with E-state index >= 15 is 0 Å². The zero-order chi connectivity index (χ0) is 22.2. The molecule has 3 heterocycles. The van der Waals surface area contributed by atoms with Crippen LogP contribution in [-0.2, 0) is 27.7 Å². The third-order valence-electron chi connectivity index (χ3n) is 6.11. The van der Waals surface area contributed by atoms with Gasteiger partial charge in [0.1, 0.15) is 17.5 Å². The van der Waals surface area contributed by atoms with Crippen LogP contribution in [-0.4, -0.2) is 54.5 Å². The predicted molar refractivity (Wildman–Crippen MR) is 116 cm³/mol. The van der Waals surface area contributed by atoms with Crippen molar-refractivity contribution in [2.24, 2.45) is 0 Å². The minimum absolute atomic E-state index is 0.0140. The summed E-state index contributed by atoms with van der Waals surface area (Å²) in [5.41, 5.74) is 2.76. The molecule has 1 aromatic carbocycles. The molecule has 1 saturated heterocycles. The minimum Gasteiger partial charge on any atom is -0.296 e. The van der Waals surface area contributed by atoms with Crippen LogP contribution in [0.4, 0.5) is 10.2 Å². The van der Waals surface area contributed by atoms with Gasteiger partial charge in [-0.25, -0.2) is 27.1 Å². The smallest absolute Gasteiger partial charge is 0.228 e. The van der Waals surface area contributed by atoms with Crippen LogP contribution < -0.4 is 4.90 Å². The number of rotatable bonds is 5. The minimum atomic E-state index is -3.27. The maximum absolute atomic E-state index is 13.2. The molecule has 1 unspecified atom stereocenters. The summed E-state index contributed by atoms with van der Waals surface area (Å²) in [7, 11) is -3.27. The number of amides is 1. The molecule has 0 bridgehead atoms. The van der Waals surface area contributed by atoms with Gasteiger partial charge in [0.25, 0.3) is 0 Å². The second-order valence-corrected chi connectivity index (χ2v) is 10.3. The third-order valence-corrected chi connectivity index (χ3v) is 7.38. The van der Waals surface area contributed by atoms with E-state index in [0.29, 0.717) is 50.5 Å². The maximum Gasteiger partial charge on any atom is 0.228 e. The van der Waals surface area contributed by atoms with Gasteiger partial charge in [-0.1, -0.05) is 12.1 Å². The Bertz CT molecular complexity index is 1090. The van der Waals surface area contributed by atoms with Crippen molar-refractivity contribution < 1.29 is 17.6 Å². The zero-order valence-electron chi connectivity index (χ0n) is 17.8. The summed E-state index contributed by atoms with van der Waals surface area (Å²) < 4.78 is 38.7. The van der Waals surface area contributed by atoms with Crippen molar-refractivity contribution in [2.75, 3.05) is 30.8 Å². The number of aromatic nitrogens is 2. The van der Waals surface area contributed by atoms with E-state index in [1.54, 1.807) is 17.0 Å². The summed E-state index contributed by atoms with van der Waals surface area (Å²) in [6.07, 6.45) is 4.40. The molecule has 7 nitrogen and oxygen atoms in total. The zero-order valence-corrected chi connectivity index (χ0v) is 18.7. The molecule has 4 rings (SSSR count). The molecule has 1 fully saturated rings. The van der Waals surface area contributed by atoms with Crippen LogP contribution in [0.5, 0.6) is 0 Å². The van der Waals surface area contributed by atoms with Gasteiger partial charge in [0.15, 0.2) is 0 Å². The monoisotopic (exact) mass is 446 g/mol. The van der Waals surface area contributed by atoms with Crippen molar-refractivity contribution in [3.8, 4) is 0 Å². The molecule has 2 aliphatic heterocycles. The van der Waals surface area contributed by atoms with Crippen LogP contribution in [0, 0.1) is 12.7 Å². The lowest BCUT2D eigenvalue weighted by Crippen LogP contribution is -2.40. The van der Waals surface area contributed by atoms with E-state index in [9.17, 15) is 17.6 Å². The van der Waals surface area contributed by atoms with E-state index in [1.807, 2.05) is 6.92 Å². The first kappa shape index (κ1) is 21.8. The summed E-state index contributed by atoms with van der Waals surface area (Å²) in [5.74, 6) is 0.874. The van der Waals surface area contributed by atoms with Crippen molar-refractivity contribution in [2.45, 2.75) is 44.9 Å². The first-order valence-corrected chi connectivity index (χ1v) is 12.4. The number of benzene rings is 1. The summed E-state index contributed by atoms with van der Waals surface area (Å²) in [6.45, 7) is 3.25. The van der Waals surface area contributed by atoms with E-state index in [1.165, 1.54) is 22.7 Å². The van der Waals surface area contributed by atoms with Crippen LogP contribution in [0.2, 0.25) is 0 Å². The molecule has 2 aromatic rings. The highest BCUT2D eigenvalue weighted by Gasteiger charge is 2.32. The Balaban J connectivity index is 1.61. The first-order chi connectivity index (χ1) is 14.7. The van der Waals surface area contributed by atoms with Crippen molar-refractivity contribution in [1.29, 1.82) is 0 Å². The van der Waals surface area contributed by atoms with Crippen molar-refractivity contribution in [3.05, 3.63) is 52.7 Å². The third kappa shape index (κ3) is 4.77. The predicted octanol–water partition coefficient (Wildman–Crippen LogP) is 2.59. The molecule has 0 saturated carbocycles. The molecule has 1 atom stereocenters. The van der Waals surface area contributed by atoms with E-state index in [2.05, 4.69) is 0 Å². The van der Waals surface area contributed by atoms with Crippen LogP contribution >= 0.6 is 0 Å². The number of carbonyl (C=O) groups excluding carboxylic acids is 1. The molecular formula is C22H27FN4O3S. The van der Waals surface area contributed by atoms with Gasteiger partial charge in [0.05, 0.1) is 6.26 Å². The fourth-order valence-corrected chi connectivity index (χ4v) is 5.27. The fraction of sp³-hybridized carbons (Fsp3) is 0.500. The van der Waals surface area contributed by atoms with Gasteiger partial charge in [0, 0.05) is 43.2 Å². The summed E-state index contributed by atoms with van der Waals surface area (Å²) in [6, 6.07) is 6.29.